The Labute approximate surface area is 181 Å². The molecular weight excluding hydrogens is 404 g/mol. The molecular formula is C24H29ClO5. The average molecular weight is 433 g/mol. The van der Waals surface area contributed by atoms with Gasteiger partial charge in [0.1, 0.15) is 30.5 Å². The average Bonchev–Trinajstić information content (AvgIpc) is 2.78. The van der Waals surface area contributed by atoms with E-state index in [1.54, 1.807) is 0 Å². The topological polar surface area (TPSA) is 90.2 Å². The van der Waals surface area contributed by atoms with Gasteiger partial charge < -0.3 is 25.2 Å². The molecule has 1 fully saturated rings. The second-order valence-electron chi connectivity index (χ2n) is 8.32. The predicted molar refractivity (Wildman–Crippen MR) is 115 cm³/mol. The van der Waals surface area contributed by atoms with Crippen LogP contribution in [0.4, 0.5) is 0 Å². The van der Waals surface area contributed by atoms with Gasteiger partial charge in [0.2, 0.25) is 0 Å². The molecule has 4 N–H and O–H groups in total. The number of hydrogen-bond acceptors (Lipinski definition) is 5. The second kappa shape index (κ2) is 8.95. The molecule has 0 amide bonds. The van der Waals surface area contributed by atoms with Crippen molar-refractivity contribution < 1.29 is 25.2 Å². The summed E-state index contributed by atoms with van der Waals surface area (Å²) >= 11 is 6.67. The van der Waals surface area contributed by atoms with E-state index < -0.39 is 37.1 Å². The molecule has 2 aliphatic rings. The van der Waals surface area contributed by atoms with E-state index >= 15 is 0 Å². The van der Waals surface area contributed by atoms with E-state index in [-0.39, 0.29) is 5.92 Å². The Hall–Kier alpha value is -1.47. The van der Waals surface area contributed by atoms with Crippen molar-refractivity contribution in [2.24, 2.45) is 0 Å². The van der Waals surface area contributed by atoms with Gasteiger partial charge in [0.05, 0.1) is 6.61 Å². The van der Waals surface area contributed by atoms with Crippen molar-refractivity contribution in [1.82, 2.24) is 0 Å². The molecule has 6 heteroatoms. The maximum Gasteiger partial charge on any atom is 0.113 e. The fourth-order valence-corrected chi connectivity index (χ4v) is 5.19. The highest BCUT2D eigenvalue weighted by Gasteiger charge is 2.45. The molecule has 2 aromatic rings. The van der Waals surface area contributed by atoms with E-state index in [4.69, 9.17) is 16.3 Å². The molecule has 6 unspecified atom stereocenters. The molecule has 1 saturated heterocycles. The second-order valence-corrected chi connectivity index (χ2v) is 8.73. The molecule has 1 aliphatic heterocycles. The third-order valence-corrected chi connectivity index (χ3v) is 6.93. The quantitative estimate of drug-likeness (QED) is 0.596. The lowest BCUT2D eigenvalue weighted by Crippen LogP contribution is -2.55. The van der Waals surface area contributed by atoms with Crippen LogP contribution in [0.1, 0.15) is 59.6 Å². The molecule has 0 radical (unpaired) electrons. The normalized spacial score (nSPS) is 31.4. The number of rotatable bonds is 4. The molecule has 1 heterocycles. The standard InChI is InChI=1S/C24H29ClO5/c1-2-13-6-8-14(9-7-13)15-4-3-5-16-17(10-11-18(25)20(15)16)24-23(29)22(28)21(27)19(12-26)30-24/h6-11,15,19,21-24,26-29H,2-5,12H2,1H3. The molecule has 6 atom stereocenters. The largest absolute Gasteiger partial charge is 0.394 e. The molecule has 4 rings (SSSR count). The third-order valence-electron chi connectivity index (χ3n) is 6.60. The van der Waals surface area contributed by atoms with Crippen LogP contribution in [0.5, 0.6) is 0 Å². The minimum atomic E-state index is -1.40. The minimum absolute atomic E-state index is 0.150. The van der Waals surface area contributed by atoms with Gasteiger partial charge in [0.15, 0.2) is 0 Å². The minimum Gasteiger partial charge on any atom is -0.394 e. The van der Waals surface area contributed by atoms with Crippen molar-refractivity contribution in [3.05, 3.63) is 69.2 Å². The first-order valence-corrected chi connectivity index (χ1v) is 11.0. The van der Waals surface area contributed by atoms with Gasteiger partial charge in [-0.15, -0.1) is 0 Å². The van der Waals surface area contributed by atoms with Crippen molar-refractivity contribution in [2.75, 3.05) is 6.61 Å². The van der Waals surface area contributed by atoms with Gasteiger partial charge in [0.25, 0.3) is 0 Å². The van der Waals surface area contributed by atoms with E-state index in [0.717, 1.165) is 42.4 Å². The molecule has 1 aliphatic carbocycles. The van der Waals surface area contributed by atoms with Crippen LogP contribution in [0.15, 0.2) is 36.4 Å². The van der Waals surface area contributed by atoms with Crippen LogP contribution in [0.3, 0.4) is 0 Å². The van der Waals surface area contributed by atoms with Gasteiger partial charge in [-0.25, -0.2) is 0 Å². The summed E-state index contributed by atoms with van der Waals surface area (Å²) in [6.45, 7) is 1.69. The summed E-state index contributed by atoms with van der Waals surface area (Å²) < 4.78 is 5.84. The van der Waals surface area contributed by atoms with Gasteiger partial charge >= 0.3 is 0 Å². The first-order valence-electron chi connectivity index (χ1n) is 10.7. The Morgan fingerprint density at radius 3 is 2.40 bits per heavy atom. The Morgan fingerprint density at radius 2 is 1.73 bits per heavy atom. The number of ether oxygens (including phenoxy) is 1. The zero-order valence-corrected chi connectivity index (χ0v) is 17.8. The highest BCUT2D eigenvalue weighted by molar-refractivity contribution is 6.31. The highest BCUT2D eigenvalue weighted by atomic mass is 35.5. The SMILES string of the molecule is CCc1ccc(C2CCCc3c(C4OC(CO)C(O)C(O)C4O)ccc(Cl)c32)cc1. The smallest absolute Gasteiger partial charge is 0.113 e. The number of aliphatic hydroxyl groups is 4. The number of halogens is 1. The molecule has 0 saturated carbocycles. The maximum atomic E-state index is 10.6. The summed E-state index contributed by atoms with van der Waals surface area (Å²) in [7, 11) is 0. The number of fused-ring (bicyclic) bond motifs is 1. The van der Waals surface area contributed by atoms with Crippen LogP contribution in [-0.4, -0.2) is 51.4 Å². The zero-order chi connectivity index (χ0) is 21.4. The van der Waals surface area contributed by atoms with E-state index in [1.807, 2.05) is 12.1 Å². The molecule has 0 aromatic heterocycles. The van der Waals surface area contributed by atoms with Gasteiger partial charge in [-0.3, -0.25) is 0 Å². The van der Waals surface area contributed by atoms with E-state index in [1.165, 1.54) is 11.1 Å². The number of hydrogen-bond donors (Lipinski definition) is 4. The van der Waals surface area contributed by atoms with Crippen molar-refractivity contribution >= 4 is 11.6 Å². The summed E-state index contributed by atoms with van der Waals surface area (Å²) in [6.07, 6.45) is -2.09. The van der Waals surface area contributed by atoms with E-state index in [2.05, 4.69) is 31.2 Å². The fraction of sp³-hybridized carbons (Fsp3) is 0.500. The monoisotopic (exact) mass is 432 g/mol. The molecule has 2 aromatic carbocycles. The molecule has 162 valence electrons. The van der Waals surface area contributed by atoms with E-state index in [9.17, 15) is 20.4 Å². The Morgan fingerprint density at radius 1 is 1.00 bits per heavy atom. The fourth-order valence-electron chi connectivity index (χ4n) is 4.88. The lowest BCUT2D eigenvalue weighted by Gasteiger charge is -2.41. The van der Waals surface area contributed by atoms with Crippen LogP contribution in [-0.2, 0) is 17.6 Å². The Kier molecular flexibility index (Phi) is 6.49. The third kappa shape index (κ3) is 3.79. The summed E-state index contributed by atoms with van der Waals surface area (Å²) in [5.41, 5.74) is 5.34. The van der Waals surface area contributed by atoms with Gasteiger partial charge in [0, 0.05) is 10.9 Å². The lowest BCUT2D eigenvalue weighted by molar-refractivity contribution is -0.231. The van der Waals surface area contributed by atoms with Gasteiger partial charge in [-0.2, -0.15) is 0 Å². The first-order chi connectivity index (χ1) is 14.5. The van der Waals surface area contributed by atoms with Gasteiger partial charge in [-0.1, -0.05) is 48.9 Å². The first kappa shape index (κ1) is 21.8. The van der Waals surface area contributed by atoms with Crippen LogP contribution < -0.4 is 0 Å². The van der Waals surface area contributed by atoms with Crippen molar-refractivity contribution in [1.29, 1.82) is 0 Å². The van der Waals surface area contributed by atoms with Gasteiger partial charge in [-0.05, 0) is 59.6 Å². The summed E-state index contributed by atoms with van der Waals surface area (Å²) in [5, 5.41) is 41.2. The Bertz CT molecular complexity index is 882. The zero-order valence-electron chi connectivity index (χ0n) is 17.0. The summed E-state index contributed by atoms with van der Waals surface area (Å²) in [6, 6.07) is 12.3. The van der Waals surface area contributed by atoms with E-state index in [0.29, 0.717) is 5.02 Å². The predicted octanol–water partition coefficient (Wildman–Crippen LogP) is 2.89. The van der Waals surface area contributed by atoms with Crippen molar-refractivity contribution in [2.45, 2.75) is 69.0 Å². The number of aliphatic hydroxyl groups excluding tert-OH is 4. The van der Waals surface area contributed by atoms with Crippen LogP contribution >= 0.6 is 11.6 Å². The maximum absolute atomic E-state index is 10.6. The summed E-state index contributed by atoms with van der Waals surface area (Å²) in [5.74, 6) is 0.150. The Balaban J connectivity index is 1.75. The van der Waals surface area contributed by atoms with Crippen LogP contribution in [0, 0.1) is 0 Å². The number of benzene rings is 2. The molecule has 0 spiro atoms. The number of aryl methyl sites for hydroxylation is 1. The molecule has 0 bridgehead atoms. The lowest BCUT2D eigenvalue weighted by atomic mass is 9.75. The van der Waals surface area contributed by atoms with Crippen LogP contribution in [0.2, 0.25) is 5.02 Å². The highest BCUT2D eigenvalue weighted by Crippen LogP contribution is 2.45. The molecule has 5 nitrogen and oxygen atoms in total. The van der Waals surface area contributed by atoms with Crippen LogP contribution in [0.25, 0.3) is 0 Å². The summed E-state index contributed by atoms with van der Waals surface area (Å²) in [4.78, 5) is 0. The molecule has 30 heavy (non-hydrogen) atoms. The van der Waals surface area contributed by atoms with Crippen molar-refractivity contribution in [3.8, 4) is 0 Å². The van der Waals surface area contributed by atoms with Crippen molar-refractivity contribution in [3.63, 3.8) is 0 Å².